The summed E-state index contributed by atoms with van der Waals surface area (Å²) in [7, 11) is 0. The summed E-state index contributed by atoms with van der Waals surface area (Å²) in [5, 5.41) is 2.16. The molecule has 3 heterocycles. The second-order valence-corrected chi connectivity index (χ2v) is 10.6. The van der Waals surface area contributed by atoms with E-state index in [1.807, 2.05) is 42.5 Å². The van der Waals surface area contributed by atoms with E-state index >= 15 is 0 Å². The third-order valence-corrected chi connectivity index (χ3v) is 8.11. The van der Waals surface area contributed by atoms with E-state index in [2.05, 4.69) is 33.0 Å². The van der Waals surface area contributed by atoms with Crippen LogP contribution in [0.2, 0.25) is 5.02 Å². The first-order valence-corrected chi connectivity index (χ1v) is 13.3. The van der Waals surface area contributed by atoms with E-state index in [0.29, 0.717) is 10.5 Å². The molecule has 8 heteroatoms. The lowest BCUT2D eigenvalue weighted by Gasteiger charge is -2.36. The highest BCUT2D eigenvalue weighted by molar-refractivity contribution is 7.99. The summed E-state index contributed by atoms with van der Waals surface area (Å²) in [5.74, 6) is 0.930. The monoisotopic (exact) mass is 496 g/mol. The number of rotatable bonds is 7. The molecule has 0 amide bonds. The molecule has 2 aromatic heterocycles. The van der Waals surface area contributed by atoms with E-state index in [1.165, 1.54) is 5.69 Å². The molecule has 0 spiro atoms. The van der Waals surface area contributed by atoms with Crippen LogP contribution in [0.5, 0.6) is 0 Å². The summed E-state index contributed by atoms with van der Waals surface area (Å²) in [6.07, 6.45) is 1.06. The fourth-order valence-electron chi connectivity index (χ4n) is 4.08. The molecule has 0 radical (unpaired) electrons. The Morgan fingerprint density at radius 1 is 1.03 bits per heavy atom. The zero-order chi connectivity index (χ0) is 22.6. The number of nitrogens with one attached hydrogen (secondary N) is 1. The van der Waals surface area contributed by atoms with Gasteiger partial charge in [0.2, 0.25) is 0 Å². The van der Waals surface area contributed by atoms with Crippen LogP contribution in [0.1, 0.15) is 6.42 Å². The molecule has 33 heavy (non-hydrogen) atoms. The van der Waals surface area contributed by atoms with Crippen molar-refractivity contribution >= 4 is 50.6 Å². The van der Waals surface area contributed by atoms with E-state index in [1.54, 1.807) is 23.1 Å². The summed E-state index contributed by atoms with van der Waals surface area (Å²) in [4.78, 5) is 27.0. The van der Waals surface area contributed by atoms with Gasteiger partial charge in [0.25, 0.3) is 5.56 Å². The summed E-state index contributed by atoms with van der Waals surface area (Å²) >= 11 is 9.34. The lowest BCUT2D eigenvalue weighted by atomic mass is 10.2. The smallest absolute Gasteiger partial charge is 0.260 e. The SMILES string of the molecule is O=c1[nH]c(SCCCN2CCN(c3cccc(Cl)c3)CC2)nc2sc(-c3ccccc3)cc12. The first-order valence-electron chi connectivity index (χ1n) is 11.1. The number of anilines is 1. The van der Waals surface area contributed by atoms with E-state index in [0.717, 1.165) is 65.2 Å². The van der Waals surface area contributed by atoms with Crippen LogP contribution in [-0.4, -0.2) is 53.3 Å². The maximum atomic E-state index is 12.6. The second-order valence-electron chi connectivity index (χ2n) is 8.08. The molecule has 0 bridgehead atoms. The normalized spacial score (nSPS) is 14.8. The summed E-state index contributed by atoms with van der Waals surface area (Å²) in [5.41, 5.74) is 2.26. The van der Waals surface area contributed by atoms with Gasteiger partial charge in [-0.05, 0) is 42.8 Å². The largest absolute Gasteiger partial charge is 0.369 e. The van der Waals surface area contributed by atoms with Crippen LogP contribution in [0.4, 0.5) is 5.69 Å². The van der Waals surface area contributed by atoms with Crippen molar-refractivity contribution in [1.29, 1.82) is 0 Å². The molecule has 0 aliphatic carbocycles. The quantitative estimate of drug-likeness (QED) is 0.205. The number of thioether (sulfide) groups is 1. The van der Waals surface area contributed by atoms with Crippen LogP contribution >= 0.6 is 34.7 Å². The minimum Gasteiger partial charge on any atom is -0.369 e. The van der Waals surface area contributed by atoms with Crippen molar-refractivity contribution in [1.82, 2.24) is 14.9 Å². The standard InChI is InChI=1S/C25H25ClN4OS2/c26-19-8-4-9-20(16-19)30-13-11-29(12-14-30)10-5-15-32-25-27-23(31)21-17-22(33-24(21)28-25)18-6-2-1-3-7-18/h1-4,6-9,16-17H,5,10-15H2,(H,27,28,31). The number of nitrogens with zero attached hydrogens (tertiary/aromatic N) is 3. The average Bonchev–Trinajstić information content (AvgIpc) is 3.28. The van der Waals surface area contributed by atoms with Gasteiger partial charge in [0.05, 0.1) is 5.39 Å². The summed E-state index contributed by atoms with van der Waals surface area (Å²) < 4.78 is 0. The zero-order valence-electron chi connectivity index (χ0n) is 18.2. The van der Waals surface area contributed by atoms with Gasteiger partial charge in [-0.1, -0.05) is 59.8 Å². The van der Waals surface area contributed by atoms with Crippen molar-refractivity contribution in [2.75, 3.05) is 43.4 Å². The molecule has 1 fully saturated rings. The molecular weight excluding hydrogens is 472 g/mol. The fraction of sp³-hybridized carbons (Fsp3) is 0.280. The van der Waals surface area contributed by atoms with Gasteiger partial charge in [-0.3, -0.25) is 9.69 Å². The number of aromatic nitrogens is 2. The predicted octanol–water partition coefficient (Wildman–Crippen LogP) is 5.61. The van der Waals surface area contributed by atoms with Gasteiger partial charge >= 0.3 is 0 Å². The van der Waals surface area contributed by atoms with Crippen LogP contribution in [0.15, 0.2) is 70.6 Å². The van der Waals surface area contributed by atoms with Crippen molar-refractivity contribution in [3.05, 3.63) is 76.0 Å². The van der Waals surface area contributed by atoms with Crippen molar-refractivity contribution in [2.24, 2.45) is 0 Å². The molecule has 5 nitrogen and oxygen atoms in total. The molecule has 5 rings (SSSR count). The number of halogens is 1. The zero-order valence-corrected chi connectivity index (χ0v) is 20.6. The minimum atomic E-state index is -0.0573. The van der Waals surface area contributed by atoms with Gasteiger partial charge in [-0.2, -0.15) is 0 Å². The van der Waals surface area contributed by atoms with Crippen molar-refractivity contribution in [2.45, 2.75) is 11.6 Å². The Labute approximate surface area is 206 Å². The Morgan fingerprint density at radius 2 is 1.85 bits per heavy atom. The lowest BCUT2D eigenvalue weighted by Crippen LogP contribution is -2.46. The Bertz CT molecular complexity index is 1280. The first kappa shape index (κ1) is 22.5. The van der Waals surface area contributed by atoms with Crippen LogP contribution in [0.3, 0.4) is 0 Å². The molecule has 1 saturated heterocycles. The van der Waals surface area contributed by atoms with Gasteiger partial charge in [0.15, 0.2) is 5.16 Å². The Morgan fingerprint density at radius 3 is 2.64 bits per heavy atom. The number of hydrogen-bond acceptors (Lipinski definition) is 6. The molecule has 1 aliphatic heterocycles. The lowest BCUT2D eigenvalue weighted by molar-refractivity contribution is 0.259. The number of fused-ring (bicyclic) bond motifs is 1. The van der Waals surface area contributed by atoms with E-state index < -0.39 is 0 Å². The molecule has 4 aromatic rings. The maximum absolute atomic E-state index is 12.6. The van der Waals surface area contributed by atoms with E-state index in [4.69, 9.17) is 16.6 Å². The number of benzene rings is 2. The average molecular weight is 497 g/mol. The Hall–Kier alpha value is -2.32. The van der Waals surface area contributed by atoms with Gasteiger partial charge in [-0.25, -0.2) is 4.98 Å². The fourth-order valence-corrected chi connectivity index (χ4v) is 6.15. The first-order chi connectivity index (χ1) is 16.2. The molecule has 1 N–H and O–H groups in total. The molecule has 1 aliphatic rings. The highest BCUT2D eigenvalue weighted by atomic mass is 35.5. The maximum Gasteiger partial charge on any atom is 0.260 e. The van der Waals surface area contributed by atoms with Crippen LogP contribution < -0.4 is 10.5 Å². The van der Waals surface area contributed by atoms with Gasteiger partial charge in [0.1, 0.15) is 4.83 Å². The highest BCUT2D eigenvalue weighted by Gasteiger charge is 2.17. The number of hydrogen-bond donors (Lipinski definition) is 1. The molecule has 2 aromatic carbocycles. The van der Waals surface area contributed by atoms with Crippen molar-refractivity contribution in [3.63, 3.8) is 0 Å². The molecule has 0 saturated carbocycles. The predicted molar refractivity (Wildman–Crippen MR) is 141 cm³/mol. The van der Waals surface area contributed by atoms with Crippen LogP contribution in [0, 0.1) is 0 Å². The number of H-pyrrole nitrogens is 1. The molecule has 170 valence electrons. The van der Waals surface area contributed by atoms with Crippen LogP contribution in [-0.2, 0) is 0 Å². The Balaban J connectivity index is 1.12. The van der Waals surface area contributed by atoms with Crippen LogP contribution in [0.25, 0.3) is 20.7 Å². The highest BCUT2D eigenvalue weighted by Crippen LogP contribution is 2.31. The molecule has 0 atom stereocenters. The summed E-state index contributed by atoms with van der Waals surface area (Å²) in [6.45, 7) is 5.19. The summed E-state index contributed by atoms with van der Waals surface area (Å²) in [6, 6.07) is 20.2. The Kier molecular flexibility index (Phi) is 7.02. The van der Waals surface area contributed by atoms with Gasteiger partial charge in [-0.15, -0.1) is 11.3 Å². The minimum absolute atomic E-state index is 0.0573. The van der Waals surface area contributed by atoms with Gasteiger partial charge in [0, 0.05) is 47.5 Å². The van der Waals surface area contributed by atoms with E-state index in [9.17, 15) is 4.79 Å². The van der Waals surface area contributed by atoms with Gasteiger partial charge < -0.3 is 9.88 Å². The molecule has 0 unspecified atom stereocenters. The van der Waals surface area contributed by atoms with Crippen molar-refractivity contribution < 1.29 is 0 Å². The third kappa shape index (κ3) is 5.44. The number of aromatic amines is 1. The number of piperazine rings is 1. The molecular formula is C25H25ClN4OS2. The number of thiophene rings is 1. The van der Waals surface area contributed by atoms with E-state index in [-0.39, 0.29) is 5.56 Å². The van der Waals surface area contributed by atoms with Crippen molar-refractivity contribution in [3.8, 4) is 10.4 Å². The second kappa shape index (κ2) is 10.3. The third-order valence-electron chi connectivity index (χ3n) is 5.84. The topological polar surface area (TPSA) is 52.2 Å².